The Morgan fingerprint density at radius 3 is 2.63 bits per heavy atom. The van der Waals surface area contributed by atoms with Crippen LogP contribution in [0.5, 0.6) is 0 Å². The first-order valence-electron chi connectivity index (χ1n) is 7.09. The van der Waals surface area contributed by atoms with Crippen molar-refractivity contribution in [3.63, 3.8) is 0 Å². The first-order valence-corrected chi connectivity index (χ1v) is 7.09. The smallest absolute Gasteiger partial charge is 0.233 e. The van der Waals surface area contributed by atoms with Crippen LogP contribution in [-0.2, 0) is 9.59 Å². The van der Waals surface area contributed by atoms with Crippen LogP contribution in [0.2, 0.25) is 0 Å². The van der Waals surface area contributed by atoms with Crippen molar-refractivity contribution in [3.05, 3.63) is 11.6 Å². The molecule has 0 aromatic rings. The monoisotopic (exact) mass is 264 g/mol. The molecule has 2 amide bonds. The average molecular weight is 264 g/mol. The zero-order valence-electron chi connectivity index (χ0n) is 12.3. The maximum atomic E-state index is 12.4. The minimum Gasteiger partial charge on any atom is -0.309 e. The SMILES string of the molecule is CC1=C[C@H](C)[C@H]2C(=O)N(CCCN(C)C)C(=O)[C@H]2C1. The molecule has 1 aliphatic carbocycles. The Morgan fingerprint density at radius 1 is 1.32 bits per heavy atom. The second kappa shape index (κ2) is 5.45. The average Bonchev–Trinajstić information content (AvgIpc) is 2.53. The van der Waals surface area contributed by atoms with Crippen LogP contribution in [0.4, 0.5) is 0 Å². The van der Waals surface area contributed by atoms with E-state index in [4.69, 9.17) is 0 Å². The fraction of sp³-hybridized carbons (Fsp3) is 0.733. The van der Waals surface area contributed by atoms with E-state index in [0.29, 0.717) is 6.54 Å². The molecule has 0 radical (unpaired) electrons. The quantitative estimate of drug-likeness (QED) is 0.571. The second-order valence-corrected chi connectivity index (χ2v) is 6.19. The molecule has 3 atom stereocenters. The molecular formula is C15H24N2O2. The third-order valence-corrected chi connectivity index (χ3v) is 4.21. The highest BCUT2D eigenvalue weighted by Crippen LogP contribution is 2.40. The van der Waals surface area contributed by atoms with Crippen molar-refractivity contribution in [2.45, 2.75) is 26.7 Å². The number of fused-ring (bicyclic) bond motifs is 1. The van der Waals surface area contributed by atoms with Crippen LogP contribution in [0.1, 0.15) is 26.7 Å². The number of carbonyl (C=O) groups is 2. The lowest BCUT2D eigenvalue weighted by Gasteiger charge is -2.25. The lowest BCUT2D eigenvalue weighted by Crippen LogP contribution is -2.34. The molecule has 2 aliphatic rings. The highest BCUT2D eigenvalue weighted by molar-refractivity contribution is 6.05. The summed E-state index contributed by atoms with van der Waals surface area (Å²) >= 11 is 0. The normalized spacial score (nSPS) is 30.9. The van der Waals surface area contributed by atoms with Crippen molar-refractivity contribution in [3.8, 4) is 0 Å². The molecule has 0 unspecified atom stereocenters. The van der Waals surface area contributed by atoms with E-state index < -0.39 is 0 Å². The summed E-state index contributed by atoms with van der Waals surface area (Å²) in [6.07, 6.45) is 3.75. The third kappa shape index (κ3) is 2.73. The van der Waals surface area contributed by atoms with Gasteiger partial charge >= 0.3 is 0 Å². The van der Waals surface area contributed by atoms with Gasteiger partial charge in [0.2, 0.25) is 11.8 Å². The van der Waals surface area contributed by atoms with Gasteiger partial charge in [0, 0.05) is 6.54 Å². The molecule has 106 valence electrons. The Bertz CT molecular complexity index is 414. The molecule has 4 nitrogen and oxygen atoms in total. The van der Waals surface area contributed by atoms with Gasteiger partial charge in [0.05, 0.1) is 11.8 Å². The molecule has 2 rings (SSSR count). The Kier molecular flexibility index (Phi) is 4.09. The predicted molar refractivity (Wildman–Crippen MR) is 74.4 cm³/mol. The maximum absolute atomic E-state index is 12.4. The van der Waals surface area contributed by atoms with Gasteiger partial charge in [0.1, 0.15) is 0 Å². The van der Waals surface area contributed by atoms with E-state index in [1.54, 1.807) is 0 Å². The maximum Gasteiger partial charge on any atom is 0.233 e. The van der Waals surface area contributed by atoms with E-state index in [1.807, 2.05) is 14.1 Å². The number of likely N-dealkylation sites (tertiary alicyclic amines) is 1. The van der Waals surface area contributed by atoms with Gasteiger partial charge in [0.15, 0.2) is 0 Å². The molecule has 19 heavy (non-hydrogen) atoms. The van der Waals surface area contributed by atoms with Gasteiger partial charge in [-0.2, -0.15) is 0 Å². The van der Waals surface area contributed by atoms with Crippen LogP contribution in [-0.4, -0.2) is 48.8 Å². The molecule has 0 aromatic heterocycles. The lowest BCUT2D eigenvalue weighted by atomic mass is 9.76. The number of allylic oxidation sites excluding steroid dienone is 2. The first kappa shape index (κ1) is 14.3. The number of hydrogen-bond acceptors (Lipinski definition) is 3. The molecule has 0 aromatic carbocycles. The Morgan fingerprint density at radius 2 is 2.00 bits per heavy atom. The van der Waals surface area contributed by atoms with Crippen LogP contribution in [0.3, 0.4) is 0 Å². The summed E-state index contributed by atoms with van der Waals surface area (Å²) in [5, 5.41) is 0. The summed E-state index contributed by atoms with van der Waals surface area (Å²) in [4.78, 5) is 28.4. The van der Waals surface area contributed by atoms with Gasteiger partial charge in [-0.05, 0) is 46.3 Å². The summed E-state index contributed by atoms with van der Waals surface area (Å²) in [6.45, 7) is 5.57. The molecular weight excluding hydrogens is 240 g/mol. The molecule has 1 saturated heterocycles. The zero-order valence-corrected chi connectivity index (χ0v) is 12.3. The molecule has 0 bridgehead atoms. The predicted octanol–water partition coefficient (Wildman–Crippen LogP) is 1.53. The van der Waals surface area contributed by atoms with Crippen LogP contribution in [0, 0.1) is 17.8 Å². The summed E-state index contributed by atoms with van der Waals surface area (Å²) in [5.74, 6) is 0.0644. The van der Waals surface area contributed by atoms with Crippen LogP contribution in [0.15, 0.2) is 11.6 Å². The highest BCUT2D eigenvalue weighted by atomic mass is 16.2. The van der Waals surface area contributed by atoms with Crippen molar-refractivity contribution < 1.29 is 9.59 Å². The minimum absolute atomic E-state index is 0.0463. The second-order valence-electron chi connectivity index (χ2n) is 6.19. The summed E-state index contributed by atoms with van der Waals surface area (Å²) in [5.41, 5.74) is 1.24. The number of amides is 2. The fourth-order valence-corrected chi connectivity index (χ4v) is 3.35. The number of imide groups is 1. The van der Waals surface area contributed by atoms with Crippen molar-refractivity contribution in [1.82, 2.24) is 9.80 Å². The van der Waals surface area contributed by atoms with Gasteiger partial charge in [-0.1, -0.05) is 18.6 Å². The number of hydrogen-bond donors (Lipinski definition) is 0. The number of nitrogens with zero attached hydrogens (tertiary/aromatic N) is 2. The van der Waals surface area contributed by atoms with E-state index in [0.717, 1.165) is 19.4 Å². The number of carbonyl (C=O) groups excluding carboxylic acids is 2. The van der Waals surface area contributed by atoms with E-state index in [9.17, 15) is 9.59 Å². The first-order chi connectivity index (χ1) is 8.91. The Hall–Kier alpha value is -1.16. The van der Waals surface area contributed by atoms with Crippen LogP contribution in [0.25, 0.3) is 0 Å². The molecule has 4 heteroatoms. The van der Waals surface area contributed by atoms with Crippen molar-refractivity contribution >= 4 is 11.8 Å². The van der Waals surface area contributed by atoms with E-state index in [1.165, 1.54) is 10.5 Å². The molecule has 0 spiro atoms. The van der Waals surface area contributed by atoms with Gasteiger partial charge in [0.25, 0.3) is 0 Å². The topological polar surface area (TPSA) is 40.6 Å². The van der Waals surface area contributed by atoms with E-state index in [-0.39, 0.29) is 29.6 Å². The largest absolute Gasteiger partial charge is 0.309 e. The van der Waals surface area contributed by atoms with Crippen LogP contribution >= 0.6 is 0 Å². The van der Waals surface area contributed by atoms with Crippen LogP contribution < -0.4 is 0 Å². The van der Waals surface area contributed by atoms with Gasteiger partial charge in [-0.3, -0.25) is 14.5 Å². The highest BCUT2D eigenvalue weighted by Gasteiger charge is 2.50. The summed E-state index contributed by atoms with van der Waals surface area (Å²) in [7, 11) is 4.01. The molecule has 1 aliphatic heterocycles. The Balaban J connectivity index is 2.06. The zero-order chi connectivity index (χ0) is 14.2. The number of rotatable bonds is 4. The van der Waals surface area contributed by atoms with Crippen molar-refractivity contribution in [1.29, 1.82) is 0 Å². The molecule has 0 saturated carbocycles. The third-order valence-electron chi connectivity index (χ3n) is 4.21. The standard InChI is InChI=1S/C15H24N2O2/c1-10-8-11(2)13-12(9-10)14(18)17(15(13)19)7-5-6-16(3)4/h8,11-13H,5-7,9H2,1-4H3/t11-,12-,13+/m0/s1. The Labute approximate surface area is 115 Å². The van der Waals surface area contributed by atoms with E-state index in [2.05, 4.69) is 24.8 Å². The van der Waals surface area contributed by atoms with E-state index >= 15 is 0 Å². The lowest BCUT2D eigenvalue weighted by molar-refractivity contribution is -0.140. The van der Waals surface area contributed by atoms with Crippen molar-refractivity contribution in [2.75, 3.05) is 27.2 Å². The minimum atomic E-state index is -0.115. The molecule has 1 heterocycles. The summed E-state index contributed by atoms with van der Waals surface area (Å²) < 4.78 is 0. The summed E-state index contributed by atoms with van der Waals surface area (Å²) in [6, 6.07) is 0. The van der Waals surface area contributed by atoms with Crippen molar-refractivity contribution in [2.24, 2.45) is 17.8 Å². The molecule has 0 N–H and O–H groups in total. The van der Waals surface area contributed by atoms with Gasteiger partial charge < -0.3 is 4.90 Å². The molecule has 1 fully saturated rings. The van der Waals surface area contributed by atoms with Gasteiger partial charge in [-0.15, -0.1) is 0 Å². The van der Waals surface area contributed by atoms with Gasteiger partial charge in [-0.25, -0.2) is 0 Å². The fourth-order valence-electron chi connectivity index (χ4n) is 3.35.